The molecule has 1 saturated heterocycles. The molecule has 1 fully saturated rings. The molecule has 29 heavy (non-hydrogen) atoms. The summed E-state index contributed by atoms with van der Waals surface area (Å²) in [7, 11) is 1.68. The van der Waals surface area contributed by atoms with E-state index in [0.717, 1.165) is 24.3 Å². The van der Waals surface area contributed by atoms with Gasteiger partial charge in [0.15, 0.2) is 5.79 Å². The molecule has 2 aliphatic rings. The van der Waals surface area contributed by atoms with Crippen LogP contribution in [0.3, 0.4) is 0 Å². The van der Waals surface area contributed by atoms with Crippen molar-refractivity contribution in [2.75, 3.05) is 26.9 Å². The maximum absolute atomic E-state index is 13.4. The van der Waals surface area contributed by atoms with Crippen LogP contribution in [-0.2, 0) is 21.7 Å². The third-order valence-electron chi connectivity index (χ3n) is 5.49. The SMILES string of the molecule is COc1ccc(CC2C=CC=CN2CCC2(c3ccc(F)cc3)OCCO2)cc1. The largest absolute Gasteiger partial charge is 0.497 e. The lowest BCUT2D eigenvalue weighted by Gasteiger charge is -2.35. The van der Waals surface area contributed by atoms with Crippen molar-refractivity contribution in [3.05, 3.63) is 89.9 Å². The number of benzene rings is 2. The molecule has 1 atom stereocenters. The van der Waals surface area contributed by atoms with Gasteiger partial charge < -0.3 is 19.1 Å². The fourth-order valence-corrected chi connectivity index (χ4v) is 3.89. The highest BCUT2D eigenvalue weighted by Gasteiger charge is 2.39. The second kappa shape index (κ2) is 8.80. The Labute approximate surface area is 171 Å². The molecule has 2 aromatic rings. The zero-order valence-electron chi connectivity index (χ0n) is 16.6. The first kappa shape index (κ1) is 19.7. The van der Waals surface area contributed by atoms with Crippen LogP contribution in [0.15, 0.2) is 73.0 Å². The molecule has 0 aromatic heterocycles. The van der Waals surface area contributed by atoms with E-state index in [2.05, 4.69) is 35.4 Å². The molecule has 0 amide bonds. The van der Waals surface area contributed by atoms with Crippen LogP contribution in [0.4, 0.5) is 4.39 Å². The van der Waals surface area contributed by atoms with Crippen molar-refractivity contribution in [3.63, 3.8) is 0 Å². The van der Waals surface area contributed by atoms with E-state index in [4.69, 9.17) is 14.2 Å². The summed E-state index contributed by atoms with van der Waals surface area (Å²) >= 11 is 0. The van der Waals surface area contributed by atoms with Gasteiger partial charge in [0.25, 0.3) is 0 Å². The third kappa shape index (κ3) is 4.52. The summed E-state index contributed by atoms with van der Waals surface area (Å²) in [5.74, 6) is -0.208. The van der Waals surface area contributed by atoms with E-state index < -0.39 is 5.79 Å². The Morgan fingerprint density at radius 2 is 1.76 bits per heavy atom. The maximum atomic E-state index is 13.4. The summed E-state index contributed by atoms with van der Waals surface area (Å²) in [4.78, 5) is 2.31. The van der Waals surface area contributed by atoms with Gasteiger partial charge in [0.05, 0.1) is 26.4 Å². The minimum absolute atomic E-state index is 0.250. The standard InChI is InChI=1S/C24H26FNO3/c1-27-23-11-5-19(6-12-23)18-22-4-2-3-14-26(22)15-13-24(28-16-17-29-24)20-7-9-21(25)10-8-20/h2-12,14,22H,13,15-18H2,1H3. The minimum atomic E-state index is -0.812. The number of nitrogens with zero attached hydrogens (tertiary/aromatic N) is 1. The van der Waals surface area contributed by atoms with Crippen molar-refractivity contribution >= 4 is 0 Å². The van der Waals surface area contributed by atoms with Gasteiger partial charge in [0, 0.05) is 18.5 Å². The molecule has 0 spiro atoms. The first-order valence-electron chi connectivity index (χ1n) is 9.96. The highest BCUT2D eigenvalue weighted by atomic mass is 19.1. The monoisotopic (exact) mass is 395 g/mol. The molecule has 2 aromatic carbocycles. The molecule has 4 rings (SSSR count). The first-order valence-corrected chi connectivity index (χ1v) is 9.96. The number of methoxy groups -OCH3 is 1. The normalized spacial score (nSPS) is 20.2. The Morgan fingerprint density at radius 1 is 1.03 bits per heavy atom. The van der Waals surface area contributed by atoms with E-state index >= 15 is 0 Å². The van der Waals surface area contributed by atoms with E-state index in [0.29, 0.717) is 19.6 Å². The van der Waals surface area contributed by atoms with Crippen molar-refractivity contribution in [3.8, 4) is 5.75 Å². The fourth-order valence-electron chi connectivity index (χ4n) is 3.89. The summed E-state index contributed by atoms with van der Waals surface area (Å²) in [6.45, 7) is 1.85. The lowest BCUT2D eigenvalue weighted by molar-refractivity contribution is -0.172. The number of ether oxygens (including phenoxy) is 3. The Balaban J connectivity index is 1.45. The highest BCUT2D eigenvalue weighted by Crippen LogP contribution is 2.35. The van der Waals surface area contributed by atoms with Gasteiger partial charge in [0.2, 0.25) is 0 Å². The quantitative estimate of drug-likeness (QED) is 0.694. The lowest BCUT2D eigenvalue weighted by atomic mass is 9.99. The molecular weight excluding hydrogens is 369 g/mol. The summed E-state index contributed by atoms with van der Waals surface area (Å²) in [6.07, 6.45) is 10.0. The molecule has 1 unspecified atom stereocenters. The molecule has 0 N–H and O–H groups in total. The zero-order valence-corrected chi connectivity index (χ0v) is 16.6. The number of hydrogen-bond donors (Lipinski definition) is 0. The lowest BCUT2D eigenvalue weighted by Crippen LogP contribution is -2.38. The predicted molar refractivity (Wildman–Crippen MR) is 110 cm³/mol. The van der Waals surface area contributed by atoms with Gasteiger partial charge in [-0.1, -0.05) is 36.4 Å². The summed E-state index contributed by atoms with van der Waals surface area (Å²) in [6, 6.07) is 14.9. The summed E-state index contributed by atoms with van der Waals surface area (Å²) in [5.41, 5.74) is 2.11. The van der Waals surface area contributed by atoms with E-state index in [1.165, 1.54) is 17.7 Å². The Kier molecular flexibility index (Phi) is 5.97. The molecule has 0 bridgehead atoms. The Bertz CT molecular complexity index is 855. The summed E-state index contributed by atoms with van der Waals surface area (Å²) in [5, 5.41) is 0. The Hall–Kier alpha value is -2.63. The predicted octanol–water partition coefficient (Wildman–Crippen LogP) is 4.42. The number of halogens is 1. The van der Waals surface area contributed by atoms with Crippen molar-refractivity contribution in [2.45, 2.75) is 24.7 Å². The number of hydrogen-bond acceptors (Lipinski definition) is 4. The number of allylic oxidation sites excluding steroid dienone is 2. The van der Waals surface area contributed by atoms with Crippen molar-refractivity contribution in [1.82, 2.24) is 4.90 Å². The average Bonchev–Trinajstić information content (AvgIpc) is 3.24. The van der Waals surface area contributed by atoms with Gasteiger partial charge >= 0.3 is 0 Å². The van der Waals surface area contributed by atoms with Crippen LogP contribution in [-0.4, -0.2) is 37.8 Å². The maximum Gasteiger partial charge on any atom is 0.196 e. The van der Waals surface area contributed by atoms with Gasteiger partial charge in [-0.2, -0.15) is 0 Å². The van der Waals surface area contributed by atoms with Gasteiger partial charge in [-0.3, -0.25) is 0 Å². The molecule has 2 aliphatic heterocycles. The zero-order chi connectivity index (χ0) is 20.1. The van der Waals surface area contributed by atoms with Gasteiger partial charge in [0.1, 0.15) is 11.6 Å². The molecule has 0 radical (unpaired) electrons. The van der Waals surface area contributed by atoms with Crippen molar-refractivity contribution in [1.29, 1.82) is 0 Å². The van der Waals surface area contributed by atoms with E-state index in [1.807, 2.05) is 18.2 Å². The second-order valence-corrected chi connectivity index (χ2v) is 7.29. The minimum Gasteiger partial charge on any atom is -0.497 e. The molecule has 5 heteroatoms. The van der Waals surface area contributed by atoms with Crippen LogP contribution >= 0.6 is 0 Å². The first-order chi connectivity index (χ1) is 14.2. The number of rotatable bonds is 7. The van der Waals surface area contributed by atoms with E-state index in [9.17, 15) is 4.39 Å². The van der Waals surface area contributed by atoms with Gasteiger partial charge in [-0.05, 0) is 48.5 Å². The third-order valence-corrected chi connectivity index (χ3v) is 5.49. The average molecular weight is 395 g/mol. The molecule has 0 aliphatic carbocycles. The molecule has 4 nitrogen and oxygen atoms in total. The second-order valence-electron chi connectivity index (χ2n) is 7.29. The smallest absolute Gasteiger partial charge is 0.196 e. The van der Waals surface area contributed by atoms with Gasteiger partial charge in [-0.15, -0.1) is 0 Å². The molecule has 152 valence electrons. The molecule has 0 saturated carbocycles. The van der Waals surface area contributed by atoms with Gasteiger partial charge in [-0.25, -0.2) is 4.39 Å². The van der Waals surface area contributed by atoms with E-state index in [-0.39, 0.29) is 11.9 Å². The fraction of sp³-hybridized carbons (Fsp3) is 0.333. The topological polar surface area (TPSA) is 30.9 Å². The van der Waals surface area contributed by atoms with Crippen LogP contribution in [0.2, 0.25) is 0 Å². The Morgan fingerprint density at radius 3 is 2.45 bits per heavy atom. The van der Waals surface area contributed by atoms with Crippen LogP contribution in [0, 0.1) is 5.82 Å². The van der Waals surface area contributed by atoms with E-state index in [1.54, 1.807) is 19.2 Å². The van der Waals surface area contributed by atoms with Crippen LogP contribution in [0.5, 0.6) is 5.75 Å². The molecule has 2 heterocycles. The van der Waals surface area contributed by atoms with Crippen molar-refractivity contribution < 1.29 is 18.6 Å². The van der Waals surface area contributed by atoms with Crippen LogP contribution < -0.4 is 4.74 Å². The van der Waals surface area contributed by atoms with Crippen LogP contribution in [0.25, 0.3) is 0 Å². The van der Waals surface area contributed by atoms with Crippen molar-refractivity contribution in [2.24, 2.45) is 0 Å². The summed E-state index contributed by atoms with van der Waals surface area (Å²) < 4.78 is 30.6. The van der Waals surface area contributed by atoms with Crippen LogP contribution in [0.1, 0.15) is 17.5 Å². The molecular formula is C24H26FNO3. The highest BCUT2D eigenvalue weighted by molar-refractivity contribution is 5.29.